The molecule has 0 fully saturated rings. The number of hydrogen-bond acceptors (Lipinski definition) is 2. The van der Waals surface area contributed by atoms with E-state index in [0.29, 0.717) is 29.0 Å². The van der Waals surface area contributed by atoms with Crippen LogP contribution in [0.1, 0.15) is 26.3 Å². The number of aliphatic hydroxyl groups is 1. The molecule has 5 heteroatoms. The molecular weight excluding hydrogens is 293 g/mol. The van der Waals surface area contributed by atoms with E-state index in [0.717, 1.165) is 6.92 Å². The van der Waals surface area contributed by atoms with Crippen LogP contribution < -0.4 is 4.74 Å². The number of alkyl halides is 3. The van der Waals surface area contributed by atoms with Crippen LogP contribution in [0.2, 0.25) is 0 Å². The lowest BCUT2D eigenvalue weighted by Gasteiger charge is -2.28. The number of fused-ring (bicyclic) bond motifs is 1. The number of benzene rings is 2. The van der Waals surface area contributed by atoms with Crippen LogP contribution >= 0.6 is 0 Å². The second kappa shape index (κ2) is 5.80. The molecule has 120 valence electrons. The summed E-state index contributed by atoms with van der Waals surface area (Å²) in [6, 6.07) is 9.40. The number of rotatable bonds is 4. The molecule has 1 N–H and O–H groups in total. The minimum absolute atomic E-state index is 0.174. The van der Waals surface area contributed by atoms with E-state index in [1.165, 1.54) is 12.1 Å². The van der Waals surface area contributed by atoms with Gasteiger partial charge in [-0.15, -0.1) is 0 Å². The van der Waals surface area contributed by atoms with Gasteiger partial charge in [-0.05, 0) is 24.3 Å². The van der Waals surface area contributed by atoms with Crippen molar-refractivity contribution in [2.24, 2.45) is 5.92 Å². The standard InChI is InChI=1S/C17H19F3O2/c1-11(2)10-22-15-9-5-6-12-13(15)7-4-8-14(12)16(3,21)17(18,19)20/h4-9,11,21H,10H2,1-3H3. The van der Waals surface area contributed by atoms with Crippen LogP contribution in [0.4, 0.5) is 13.2 Å². The van der Waals surface area contributed by atoms with E-state index in [1.54, 1.807) is 24.3 Å². The Kier molecular flexibility index (Phi) is 4.38. The third-order valence-corrected chi connectivity index (χ3v) is 3.53. The van der Waals surface area contributed by atoms with Crippen molar-refractivity contribution in [1.29, 1.82) is 0 Å². The van der Waals surface area contributed by atoms with Crippen molar-refractivity contribution in [3.63, 3.8) is 0 Å². The molecule has 2 rings (SSSR count). The Labute approximate surface area is 127 Å². The Bertz CT molecular complexity index is 660. The summed E-state index contributed by atoms with van der Waals surface area (Å²) in [5.74, 6) is 0.822. The zero-order chi connectivity index (χ0) is 16.5. The molecule has 0 bridgehead atoms. The van der Waals surface area contributed by atoms with E-state index < -0.39 is 11.8 Å². The summed E-state index contributed by atoms with van der Waals surface area (Å²) in [5.41, 5.74) is -3.09. The van der Waals surface area contributed by atoms with Crippen LogP contribution in [0.25, 0.3) is 10.8 Å². The van der Waals surface area contributed by atoms with Gasteiger partial charge in [0.25, 0.3) is 0 Å². The van der Waals surface area contributed by atoms with Crippen molar-refractivity contribution in [2.75, 3.05) is 6.61 Å². The maximum absolute atomic E-state index is 13.1. The minimum atomic E-state index is -4.75. The molecule has 0 aliphatic heterocycles. The van der Waals surface area contributed by atoms with Gasteiger partial charge in [0.05, 0.1) is 6.61 Å². The molecule has 0 saturated heterocycles. The van der Waals surface area contributed by atoms with E-state index in [2.05, 4.69) is 0 Å². The van der Waals surface area contributed by atoms with Crippen molar-refractivity contribution in [3.05, 3.63) is 42.0 Å². The van der Waals surface area contributed by atoms with Crippen LogP contribution in [0.3, 0.4) is 0 Å². The Balaban J connectivity index is 2.58. The molecule has 0 radical (unpaired) electrons. The highest BCUT2D eigenvalue weighted by Crippen LogP contribution is 2.42. The lowest BCUT2D eigenvalue weighted by molar-refractivity contribution is -0.258. The molecule has 0 spiro atoms. The van der Waals surface area contributed by atoms with E-state index in [-0.39, 0.29) is 5.56 Å². The third-order valence-electron chi connectivity index (χ3n) is 3.53. The molecule has 0 heterocycles. The van der Waals surface area contributed by atoms with Crippen LogP contribution in [0, 0.1) is 5.92 Å². The quantitative estimate of drug-likeness (QED) is 0.891. The van der Waals surface area contributed by atoms with Gasteiger partial charge in [0.2, 0.25) is 0 Å². The second-order valence-corrected chi connectivity index (χ2v) is 5.93. The molecule has 1 unspecified atom stereocenters. The van der Waals surface area contributed by atoms with Gasteiger partial charge in [-0.3, -0.25) is 0 Å². The number of hydrogen-bond donors (Lipinski definition) is 1. The predicted octanol–water partition coefficient (Wildman–Crippen LogP) is 4.64. The van der Waals surface area contributed by atoms with Gasteiger partial charge < -0.3 is 9.84 Å². The summed E-state index contributed by atoms with van der Waals surface area (Å²) in [5, 5.41) is 10.9. The molecule has 22 heavy (non-hydrogen) atoms. The minimum Gasteiger partial charge on any atom is -0.493 e. The molecule has 0 aromatic heterocycles. The fourth-order valence-corrected chi connectivity index (χ4v) is 2.24. The Morgan fingerprint density at radius 2 is 1.64 bits per heavy atom. The monoisotopic (exact) mass is 312 g/mol. The highest BCUT2D eigenvalue weighted by Gasteiger charge is 2.51. The lowest BCUT2D eigenvalue weighted by atomic mass is 9.90. The maximum Gasteiger partial charge on any atom is 0.421 e. The van der Waals surface area contributed by atoms with Crippen LogP contribution in [0.15, 0.2) is 36.4 Å². The number of halogens is 3. The molecule has 1 atom stereocenters. The largest absolute Gasteiger partial charge is 0.493 e. The molecule has 0 aliphatic rings. The molecule has 2 nitrogen and oxygen atoms in total. The predicted molar refractivity (Wildman–Crippen MR) is 79.9 cm³/mol. The van der Waals surface area contributed by atoms with Gasteiger partial charge in [-0.2, -0.15) is 13.2 Å². The highest BCUT2D eigenvalue weighted by molar-refractivity contribution is 5.91. The fraction of sp³-hybridized carbons (Fsp3) is 0.412. The van der Waals surface area contributed by atoms with Crippen molar-refractivity contribution in [2.45, 2.75) is 32.5 Å². The summed E-state index contributed by atoms with van der Waals surface area (Å²) in [7, 11) is 0. The Morgan fingerprint density at radius 1 is 1.05 bits per heavy atom. The summed E-state index contributed by atoms with van der Waals surface area (Å²) >= 11 is 0. The summed E-state index contributed by atoms with van der Waals surface area (Å²) in [6.07, 6.45) is -4.75. The van der Waals surface area contributed by atoms with Gasteiger partial charge >= 0.3 is 6.18 Å². The molecule has 0 aliphatic carbocycles. The smallest absolute Gasteiger partial charge is 0.421 e. The third kappa shape index (κ3) is 3.04. The molecular formula is C17H19F3O2. The summed E-state index contributed by atoms with van der Waals surface area (Å²) < 4.78 is 45.0. The van der Waals surface area contributed by atoms with E-state index in [4.69, 9.17) is 4.74 Å². The molecule has 2 aromatic rings. The topological polar surface area (TPSA) is 29.5 Å². The zero-order valence-corrected chi connectivity index (χ0v) is 12.7. The average molecular weight is 312 g/mol. The lowest BCUT2D eigenvalue weighted by Crippen LogP contribution is -2.39. The first-order chi connectivity index (χ1) is 10.1. The average Bonchev–Trinajstić information content (AvgIpc) is 2.43. The van der Waals surface area contributed by atoms with Gasteiger partial charge in [0.1, 0.15) is 5.75 Å². The SMILES string of the molecule is CC(C)COc1cccc2c(C(C)(O)C(F)(F)F)cccc12. The zero-order valence-electron chi connectivity index (χ0n) is 12.7. The number of ether oxygens (including phenoxy) is 1. The van der Waals surface area contributed by atoms with Gasteiger partial charge in [-0.25, -0.2) is 0 Å². The van der Waals surface area contributed by atoms with Crippen molar-refractivity contribution < 1.29 is 23.0 Å². The van der Waals surface area contributed by atoms with Crippen LogP contribution in [0.5, 0.6) is 5.75 Å². The first-order valence-corrected chi connectivity index (χ1v) is 7.08. The normalized spacial score (nSPS) is 15.1. The molecule has 0 amide bonds. The van der Waals surface area contributed by atoms with Crippen LogP contribution in [-0.2, 0) is 5.60 Å². The van der Waals surface area contributed by atoms with Crippen molar-refractivity contribution in [3.8, 4) is 5.75 Å². The van der Waals surface area contributed by atoms with E-state index >= 15 is 0 Å². The first kappa shape index (κ1) is 16.6. The Morgan fingerprint density at radius 3 is 2.23 bits per heavy atom. The molecule has 2 aromatic carbocycles. The first-order valence-electron chi connectivity index (χ1n) is 7.08. The van der Waals surface area contributed by atoms with Gasteiger partial charge in [-0.1, -0.05) is 44.2 Å². The van der Waals surface area contributed by atoms with Gasteiger partial charge in [0.15, 0.2) is 5.60 Å². The fourth-order valence-electron chi connectivity index (χ4n) is 2.24. The molecule has 0 saturated carbocycles. The van der Waals surface area contributed by atoms with E-state index in [1.807, 2.05) is 13.8 Å². The Hall–Kier alpha value is -1.75. The maximum atomic E-state index is 13.1. The van der Waals surface area contributed by atoms with E-state index in [9.17, 15) is 18.3 Å². The van der Waals surface area contributed by atoms with Gasteiger partial charge in [0, 0.05) is 10.9 Å². The van der Waals surface area contributed by atoms with Crippen molar-refractivity contribution in [1.82, 2.24) is 0 Å². The summed E-state index contributed by atoms with van der Waals surface area (Å²) in [6.45, 7) is 5.22. The van der Waals surface area contributed by atoms with Crippen LogP contribution in [-0.4, -0.2) is 17.9 Å². The highest BCUT2D eigenvalue weighted by atomic mass is 19.4. The summed E-state index contributed by atoms with van der Waals surface area (Å²) in [4.78, 5) is 0. The van der Waals surface area contributed by atoms with Crippen molar-refractivity contribution >= 4 is 10.8 Å². The second-order valence-electron chi connectivity index (χ2n) is 5.93.